The van der Waals surface area contributed by atoms with Gasteiger partial charge in [0, 0.05) is 23.3 Å². The van der Waals surface area contributed by atoms with Gasteiger partial charge in [-0.2, -0.15) is 0 Å². The Balaban J connectivity index is 1.87. The summed E-state index contributed by atoms with van der Waals surface area (Å²) in [4.78, 5) is 2.52. The maximum atomic E-state index is 9.01. The lowest BCUT2D eigenvalue weighted by Gasteiger charge is -2.32. The zero-order valence-electron chi connectivity index (χ0n) is 10.1. The molecule has 94 valence electrons. The summed E-state index contributed by atoms with van der Waals surface area (Å²) in [5, 5.41) is 9.01. The third kappa shape index (κ3) is 4.23. The molecule has 1 aliphatic heterocycles. The molecule has 17 heavy (non-hydrogen) atoms. The highest BCUT2D eigenvalue weighted by Crippen LogP contribution is 2.21. The van der Waals surface area contributed by atoms with Gasteiger partial charge < -0.3 is 5.11 Å². The average Bonchev–Trinajstić information content (AvgIpc) is 2.33. The molecular formula is C14H20INO. The summed E-state index contributed by atoms with van der Waals surface area (Å²) in [6.45, 7) is 3.74. The predicted octanol–water partition coefficient (Wildman–Crippen LogP) is 2.89. The Kier molecular flexibility index (Phi) is 5.25. The number of aliphatic hydroxyl groups is 1. The van der Waals surface area contributed by atoms with Crippen LogP contribution in [0.2, 0.25) is 0 Å². The van der Waals surface area contributed by atoms with E-state index in [4.69, 9.17) is 5.11 Å². The summed E-state index contributed by atoms with van der Waals surface area (Å²) in [5.41, 5.74) is 1.40. The topological polar surface area (TPSA) is 23.5 Å². The maximum Gasteiger partial charge on any atom is 0.0434 e. The van der Waals surface area contributed by atoms with E-state index in [1.54, 1.807) is 0 Å². The van der Waals surface area contributed by atoms with E-state index in [-0.39, 0.29) is 0 Å². The van der Waals surface area contributed by atoms with Crippen LogP contribution in [0, 0.1) is 9.49 Å². The Morgan fingerprint density at radius 2 is 2.06 bits per heavy atom. The number of hydrogen-bond acceptors (Lipinski definition) is 2. The predicted molar refractivity (Wildman–Crippen MR) is 78.9 cm³/mol. The first-order chi connectivity index (χ1) is 8.28. The van der Waals surface area contributed by atoms with Crippen molar-refractivity contribution in [2.75, 3.05) is 19.7 Å². The van der Waals surface area contributed by atoms with Gasteiger partial charge in [-0.05, 0) is 72.0 Å². The molecule has 0 amide bonds. The van der Waals surface area contributed by atoms with E-state index in [1.165, 1.54) is 28.5 Å². The molecule has 0 saturated carbocycles. The van der Waals surface area contributed by atoms with Crippen LogP contribution < -0.4 is 0 Å². The molecule has 0 aromatic heterocycles. The number of hydrogen-bond donors (Lipinski definition) is 1. The number of benzene rings is 1. The fourth-order valence-electron chi connectivity index (χ4n) is 2.56. The van der Waals surface area contributed by atoms with Gasteiger partial charge in [0.25, 0.3) is 0 Å². The van der Waals surface area contributed by atoms with Crippen molar-refractivity contribution in [3.63, 3.8) is 0 Å². The molecule has 2 rings (SSSR count). The standard InChI is InChI=1S/C14H20INO/c15-14-5-3-13(4-6-14)11-16-8-1-2-12(10-16)7-9-17/h3-6,12,17H,1-2,7-11H2. The maximum absolute atomic E-state index is 9.01. The van der Waals surface area contributed by atoms with E-state index in [1.807, 2.05) is 0 Å². The zero-order valence-corrected chi connectivity index (χ0v) is 12.3. The van der Waals surface area contributed by atoms with Gasteiger partial charge in [-0.15, -0.1) is 0 Å². The second kappa shape index (κ2) is 6.71. The highest BCUT2D eigenvalue weighted by molar-refractivity contribution is 14.1. The van der Waals surface area contributed by atoms with Crippen LogP contribution in [0.25, 0.3) is 0 Å². The van der Waals surface area contributed by atoms with Crippen molar-refractivity contribution in [1.82, 2.24) is 4.90 Å². The Morgan fingerprint density at radius 3 is 2.76 bits per heavy atom. The number of aliphatic hydroxyl groups excluding tert-OH is 1. The van der Waals surface area contributed by atoms with Crippen molar-refractivity contribution in [3.8, 4) is 0 Å². The van der Waals surface area contributed by atoms with Gasteiger partial charge in [0.1, 0.15) is 0 Å². The molecule has 0 bridgehead atoms. The SMILES string of the molecule is OCCC1CCCN(Cc2ccc(I)cc2)C1. The molecular weight excluding hydrogens is 325 g/mol. The minimum Gasteiger partial charge on any atom is -0.396 e. The number of nitrogens with zero attached hydrogens (tertiary/aromatic N) is 1. The summed E-state index contributed by atoms with van der Waals surface area (Å²) in [6, 6.07) is 8.78. The van der Waals surface area contributed by atoms with Gasteiger partial charge in [-0.25, -0.2) is 0 Å². The van der Waals surface area contributed by atoms with Gasteiger partial charge >= 0.3 is 0 Å². The fourth-order valence-corrected chi connectivity index (χ4v) is 2.92. The first-order valence-corrected chi connectivity index (χ1v) is 7.43. The number of rotatable bonds is 4. The third-order valence-electron chi connectivity index (χ3n) is 3.46. The molecule has 1 aromatic carbocycles. The average molecular weight is 345 g/mol. The lowest BCUT2D eigenvalue weighted by atomic mass is 9.95. The number of halogens is 1. The molecule has 1 N–H and O–H groups in total. The molecule has 1 aliphatic rings. The van der Waals surface area contributed by atoms with Crippen molar-refractivity contribution >= 4 is 22.6 Å². The number of piperidine rings is 1. The summed E-state index contributed by atoms with van der Waals surface area (Å²) < 4.78 is 1.29. The van der Waals surface area contributed by atoms with Crippen molar-refractivity contribution in [2.45, 2.75) is 25.8 Å². The van der Waals surface area contributed by atoms with E-state index >= 15 is 0 Å². The Bertz CT molecular complexity index is 337. The molecule has 1 unspecified atom stereocenters. The van der Waals surface area contributed by atoms with Crippen LogP contribution in [0.5, 0.6) is 0 Å². The van der Waals surface area contributed by atoms with Gasteiger partial charge in [0.15, 0.2) is 0 Å². The lowest BCUT2D eigenvalue weighted by molar-refractivity contribution is 0.142. The molecule has 1 fully saturated rings. The molecule has 1 aromatic rings. The van der Waals surface area contributed by atoms with Gasteiger partial charge in [0.05, 0.1) is 0 Å². The van der Waals surface area contributed by atoms with Crippen LogP contribution in [0.3, 0.4) is 0 Å². The second-order valence-corrected chi connectivity index (χ2v) is 6.13. The van der Waals surface area contributed by atoms with Crippen molar-refractivity contribution in [1.29, 1.82) is 0 Å². The van der Waals surface area contributed by atoms with Gasteiger partial charge in [-0.1, -0.05) is 12.1 Å². The minimum atomic E-state index is 0.335. The van der Waals surface area contributed by atoms with E-state index < -0.39 is 0 Å². The van der Waals surface area contributed by atoms with E-state index in [0.717, 1.165) is 19.5 Å². The largest absolute Gasteiger partial charge is 0.396 e. The van der Waals surface area contributed by atoms with E-state index in [9.17, 15) is 0 Å². The quantitative estimate of drug-likeness (QED) is 0.849. The molecule has 3 heteroatoms. The third-order valence-corrected chi connectivity index (χ3v) is 4.18. The minimum absolute atomic E-state index is 0.335. The van der Waals surface area contributed by atoms with Crippen LogP contribution >= 0.6 is 22.6 Å². The number of likely N-dealkylation sites (tertiary alicyclic amines) is 1. The van der Waals surface area contributed by atoms with Crippen molar-refractivity contribution in [2.24, 2.45) is 5.92 Å². The molecule has 1 saturated heterocycles. The molecule has 0 radical (unpaired) electrons. The van der Waals surface area contributed by atoms with Crippen LogP contribution in [-0.4, -0.2) is 29.7 Å². The molecule has 1 atom stereocenters. The highest BCUT2D eigenvalue weighted by atomic mass is 127. The first-order valence-electron chi connectivity index (χ1n) is 6.35. The Hall–Kier alpha value is -0.130. The van der Waals surface area contributed by atoms with Gasteiger partial charge in [0.2, 0.25) is 0 Å². The molecule has 0 aliphatic carbocycles. The smallest absolute Gasteiger partial charge is 0.0434 e. The molecule has 0 spiro atoms. The van der Waals surface area contributed by atoms with E-state index in [2.05, 4.69) is 51.8 Å². The normalized spacial score (nSPS) is 21.6. The molecule has 2 nitrogen and oxygen atoms in total. The van der Waals surface area contributed by atoms with Crippen molar-refractivity contribution in [3.05, 3.63) is 33.4 Å². The van der Waals surface area contributed by atoms with Crippen LogP contribution in [0.4, 0.5) is 0 Å². The van der Waals surface area contributed by atoms with Crippen molar-refractivity contribution < 1.29 is 5.11 Å². The summed E-state index contributed by atoms with van der Waals surface area (Å²) in [7, 11) is 0. The van der Waals surface area contributed by atoms with Crippen LogP contribution in [0.15, 0.2) is 24.3 Å². The molecule has 1 heterocycles. The summed E-state index contributed by atoms with van der Waals surface area (Å²) in [6.07, 6.45) is 3.52. The fraction of sp³-hybridized carbons (Fsp3) is 0.571. The highest BCUT2D eigenvalue weighted by Gasteiger charge is 2.19. The van der Waals surface area contributed by atoms with Crippen LogP contribution in [0.1, 0.15) is 24.8 Å². The lowest BCUT2D eigenvalue weighted by Crippen LogP contribution is -2.35. The monoisotopic (exact) mass is 345 g/mol. The Labute approximate surface area is 117 Å². The zero-order chi connectivity index (χ0) is 12.1. The summed E-state index contributed by atoms with van der Waals surface area (Å²) in [5.74, 6) is 0.692. The van der Waals surface area contributed by atoms with Gasteiger partial charge in [-0.3, -0.25) is 4.90 Å². The van der Waals surface area contributed by atoms with Crippen LogP contribution in [-0.2, 0) is 6.54 Å². The summed E-state index contributed by atoms with van der Waals surface area (Å²) >= 11 is 2.34. The van der Waals surface area contributed by atoms with E-state index in [0.29, 0.717) is 12.5 Å². The second-order valence-electron chi connectivity index (χ2n) is 4.88. The first kappa shape index (κ1) is 13.3. The Morgan fingerprint density at radius 1 is 1.29 bits per heavy atom.